The zero-order valence-corrected chi connectivity index (χ0v) is 16.2. The van der Waals surface area contributed by atoms with Crippen LogP contribution in [0.3, 0.4) is 0 Å². The second-order valence-electron chi connectivity index (χ2n) is 6.40. The number of hydrogen-bond acceptors (Lipinski definition) is 5. The molecule has 0 saturated carbocycles. The lowest BCUT2D eigenvalue weighted by atomic mass is 9.94. The quantitative estimate of drug-likeness (QED) is 0.392. The van der Waals surface area contributed by atoms with E-state index < -0.39 is 10.0 Å². The summed E-state index contributed by atoms with van der Waals surface area (Å²) >= 11 is 5.05. The maximum atomic E-state index is 12.8. The van der Waals surface area contributed by atoms with Gasteiger partial charge in [-0.3, -0.25) is 10.9 Å². The number of anilines is 1. The molecule has 0 radical (unpaired) electrons. The Morgan fingerprint density at radius 3 is 2.64 bits per heavy atom. The molecule has 1 saturated heterocycles. The zero-order chi connectivity index (χ0) is 18.4. The minimum Gasteiger partial charge on any atom is -0.358 e. The molecule has 2 rings (SSSR count). The first kappa shape index (κ1) is 19.6. The second kappa shape index (κ2) is 8.59. The summed E-state index contributed by atoms with van der Waals surface area (Å²) in [4.78, 5) is 4.34. The van der Waals surface area contributed by atoms with Gasteiger partial charge in [-0.05, 0) is 42.6 Å². The molecule has 1 aliphatic heterocycles. The lowest BCUT2D eigenvalue weighted by Crippen LogP contribution is -2.42. The van der Waals surface area contributed by atoms with Crippen LogP contribution < -0.4 is 16.2 Å². The van der Waals surface area contributed by atoms with Gasteiger partial charge in [0.2, 0.25) is 10.0 Å². The molecule has 0 bridgehead atoms. The fraction of sp³-hybridized carbons (Fsp3) is 0.500. The van der Waals surface area contributed by atoms with E-state index >= 15 is 0 Å². The van der Waals surface area contributed by atoms with Crippen LogP contribution in [0.1, 0.15) is 20.3 Å². The number of hydrogen-bond donors (Lipinski definition) is 3. The average molecular weight is 384 g/mol. The molecule has 0 spiro atoms. The van der Waals surface area contributed by atoms with Crippen LogP contribution in [0.15, 0.2) is 35.9 Å². The highest BCUT2D eigenvalue weighted by molar-refractivity contribution is 7.89. The summed E-state index contributed by atoms with van der Waals surface area (Å²) in [5.41, 5.74) is 5.59. The SMILES string of the molecule is C=CCNC(=S)NNc1ccc(S(=O)(=O)N2C[C@H](C)C[C@@H](C)C2)cn1. The molecule has 2 heterocycles. The molecule has 1 aliphatic rings. The molecule has 2 atom stereocenters. The normalized spacial score (nSPS) is 21.4. The van der Waals surface area contributed by atoms with Gasteiger partial charge in [0.25, 0.3) is 0 Å². The summed E-state index contributed by atoms with van der Waals surface area (Å²) in [5.74, 6) is 1.20. The number of rotatable bonds is 6. The Bertz CT molecular complexity index is 696. The van der Waals surface area contributed by atoms with Gasteiger partial charge in [0.1, 0.15) is 10.7 Å². The third-order valence-corrected chi connectivity index (χ3v) is 5.98. The van der Waals surface area contributed by atoms with Crippen LogP contribution in [0.5, 0.6) is 0 Å². The van der Waals surface area contributed by atoms with Gasteiger partial charge >= 0.3 is 0 Å². The van der Waals surface area contributed by atoms with Crippen LogP contribution in [0.25, 0.3) is 0 Å². The van der Waals surface area contributed by atoms with E-state index in [1.54, 1.807) is 22.5 Å². The summed E-state index contributed by atoms with van der Waals surface area (Å²) in [6.45, 7) is 9.40. The number of pyridine rings is 1. The van der Waals surface area contributed by atoms with Crippen molar-refractivity contribution in [2.45, 2.75) is 25.2 Å². The Morgan fingerprint density at radius 1 is 1.40 bits per heavy atom. The number of thiocarbonyl (C=S) groups is 1. The van der Waals surface area contributed by atoms with Gasteiger partial charge < -0.3 is 5.32 Å². The van der Waals surface area contributed by atoms with Crippen molar-refractivity contribution in [1.29, 1.82) is 0 Å². The molecular formula is C16H25N5O2S2. The number of sulfonamides is 1. The minimum absolute atomic E-state index is 0.201. The van der Waals surface area contributed by atoms with Crippen LogP contribution in [-0.2, 0) is 10.0 Å². The van der Waals surface area contributed by atoms with Crippen molar-refractivity contribution in [3.63, 3.8) is 0 Å². The van der Waals surface area contributed by atoms with Crippen molar-refractivity contribution in [3.05, 3.63) is 31.0 Å². The van der Waals surface area contributed by atoms with Gasteiger partial charge in [-0.15, -0.1) is 6.58 Å². The van der Waals surface area contributed by atoms with Gasteiger partial charge in [0, 0.05) is 25.8 Å². The molecule has 7 nitrogen and oxygen atoms in total. The van der Waals surface area contributed by atoms with Crippen molar-refractivity contribution >= 4 is 33.2 Å². The van der Waals surface area contributed by atoms with E-state index in [0.29, 0.717) is 42.4 Å². The highest BCUT2D eigenvalue weighted by Crippen LogP contribution is 2.26. The van der Waals surface area contributed by atoms with Crippen LogP contribution in [0, 0.1) is 11.8 Å². The molecule has 0 amide bonds. The summed E-state index contributed by atoms with van der Waals surface area (Å²) in [5, 5.41) is 3.30. The average Bonchev–Trinajstić information content (AvgIpc) is 2.57. The zero-order valence-electron chi connectivity index (χ0n) is 14.5. The number of nitrogens with one attached hydrogen (secondary N) is 3. The standard InChI is InChI=1S/C16H25N5O2S2/c1-4-7-17-16(24)20-19-15-6-5-14(9-18-15)25(22,23)21-10-12(2)8-13(3)11-21/h4-6,9,12-13H,1,7-8,10-11H2,2-3H3,(H,18,19)(H2,17,20,24)/t12-,13-/m1/s1. The van der Waals surface area contributed by atoms with Gasteiger partial charge in [-0.1, -0.05) is 19.9 Å². The van der Waals surface area contributed by atoms with Crippen molar-refractivity contribution < 1.29 is 8.42 Å². The first-order valence-electron chi connectivity index (χ1n) is 8.20. The smallest absolute Gasteiger partial charge is 0.244 e. The summed E-state index contributed by atoms with van der Waals surface area (Å²) in [6.07, 6.45) is 4.11. The van der Waals surface area contributed by atoms with Crippen LogP contribution in [0.4, 0.5) is 5.82 Å². The number of aromatic nitrogens is 1. The molecule has 1 aromatic rings. The largest absolute Gasteiger partial charge is 0.358 e. The van der Waals surface area contributed by atoms with E-state index in [-0.39, 0.29) is 4.90 Å². The third-order valence-electron chi connectivity index (χ3n) is 3.92. The maximum absolute atomic E-state index is 12.8. The lowest BCUT2D eigenvalue weighted by Gasteiger charge is -2.33. The Hall–Kier alpha value is -1.71. The van der Waals surface area contributed by atoms with Crippen LogP contribution >= 0.6 is 12.2 Å². The Labute approximate surface area is 154 Å². The topological polar surface area (TPSA) is 86.4 Å². The molecule has 25 heavy (non-hydrogen) atoms. The van der Waals surface area contributed by atoms with Crippen molar-refractivity contribution in [2.24, 2.45) is 11.8 Å². The number of nitrogens with zero attached hydrogens (tertiary/aromatic N) is 2. The first-order chi connectivity index (χ1) is 11.8. The summed E-state index contributed by atoms with van der Waals surface area (Å²) in [6, 6.07) is 3.16. The molecule has 0 unspecified atom stereocenters. The van der Waals surface area contributed by atoms with Gasteiger partial charge in [-0.25, -0.2) is 13.4 Å². The Morgan fingerprint density at radius 2 is 2.08 bits per heavy atom. The lowest BCUT2D eigenvalue weighted by molar-refractivity contribution is 0.222. The fourth-order valence-electron chi connectivity index (χ4n) is 2.89. The van der Waals surface area contributed by atoms with Crippen molar-refractivity contribution in [3.8, 4) is 0 Å². The van der Waals surface area contributed by atoms with Crippen molar-refractivity contribution in [1.82, 2.24) is 20.0 Å². The van der Waals surface area contributed by atoms with E-state index in [1.165, 1.54) is 6.20 Å². The molecule has 0 aromatic carbocycles. The highest BCUT2D eigenvalue weighted by atomic mass is 32.2. The van der Waals surface area contributed by atoms with Gasteiger partial charge in [0.15, 0.2) is 5.11 Å². The van der Waals surface area contributed by atoms with Crippen LogP contribution in [0.2, 0.25) is 0 Å². The molecule has 1 aromatic heterocycles. The molecular weight excluding hydrogens is 358 g/mol. The van der Waals surface area contributed by atoms with Crippen molar-refractivity contribution in [2.75, 3.05) is 25.1 Å². The predicted molar refractivity (Wildman–Crippen MR) is 103 cm³/mol. The van der Waals surface area contributed by atoms with Gasteiger partial charge in [-0.2, -0.15) is 4.31 Å². The Kier molecular flexibility index (Phi) is 6.74. The Balaban J connectivity index is 2.01. The number of hydrazine groups is 1. The van der Waals surface area contributed by atoms with E-state index in [9.17, 15) is 8.42 Å². The minimum atomic E-state index is -3.51. The highest BCUT2D eigenvalue weighted by Gasteiger charge is 2.31. The van der Waals surface area contributed by atoms with Crippen LogP contribution in [-0.4, -0.2) is 42.5 Å². The summed E-state index contributed by atoms with van der Waals surface area (Å²) < 4.78 is 27.1. The molecule has 1 fully saturated rings. The van der Waals surface area contributed by atoms with E-state index in [2.05, 4.69) is 41.6 Å². The van der Waals surface area contributed by atoms with Gasteiger partial charge in [0.05, 0.1) is 0 Å². The summed E-state index contributed by atoms with van der Waals surface area (Å²) in [7, 11) is -3.51. The predicted octanol–water partition coefficient (Wildman–Crippen LogP) is 1.73. The van der Waals surface area contributed by atoms with E-state index in [1.807, 2.05) is 0 Å². The molecule has 0 aliphatic carbocycles. The monoisotopic (exact) mass is 383 g/mol. The van der Waals surface area contributed by atoms with E-state index in [4.69, 9.17) is 12.2 Å². The molecule has 3 N–H and O–H groups in total. The maximum Gasteiger partial charge on any atom is 0.244 e. The first-order valence-corrected chi connectivity index (χ1v) is 10.0. The third kappa shape index (κ3) is 5.38. The molecule has 138 valence electrons. The fourth-order valence-corrected chi connectivity index (χ4v) is 4.65. The van der Waals surface area contributed by atoms with E-state index in [0.717, 1.165) is 6.42 Å². The number of piperidine rings is 1. The molecule has 9 heteroatoms. The second-order valence-corrected chi connectivity index (χ2v) is 8.74.